The van der Waals surface area contributed by atoms with E-state index in [0.29, 0.717) is 22.0 Å². The second kappa shape index (κ2) is 5.90. The van der Waals surface area contributed by atoms with E-state index in [1.165, 1.54) is 6.07 Å². The highest BCUT2D eigenvalue weighted by Crippen LogP contribution is 2.42. The average Bonchev–Trinajstić information content (AvgIpc) is 3.18. The van der Waals surface area contributed by atoms with Gasteiger partial charge in [-0.1, -0.05) is 23.2 Å². The fraction of sp³-hybridized carbons (Fsp3) is 0.385. The second-order valence-electron chi connectivity index (χ2n) is 4.33. The van der Waals surface area contributed by atoms with Gasteiger partial charge in [0.1, 0.15) is 6.61 Å². The van der Waals surface area contributed by atoms with Crippen LogP contribution in [0.2, 0.25) is 10.0 Å². The van der Waals surface area contributed by atoms with Gasteiger partial charge in [0.25, 0.3) is 0 Å². The molecular formula is C13H12Cl2O4. The number of carbonyl (C=O) groups is 2. The number of benzene rings is 1. The summed E-state index contributed by atoms with van der Waals surface area (Å²) in [5.74, 6) is -1.34. The molecule has 102 valence electrons. The molecule has 1 aromatic carbocycles. The fourth-order valence-corrected chi connectivity index (χ4v) is 2.16. The maximum absolute atomic E-state index is 12.1. The third kappa shape index (κ3) is 3.26. The summed E-state index contributed by atoms with van der Waals surface area (Å²) in [6.45, 7) is -0.257. The van der Waals surface area contributed by atoms with Gasteiger partial charge < -0.3 is 9.84 Å². The highest BCUT2D eigenvalue weighted by molar-refractivity contribution is 6.42. The van der Waals surface area contributed by atoms with Crippen molar-refractivity contribution in [2.45, 2.75) is 6.42 Å². The Morgan fingerprint density at radius 2 is 2.00 bits per heavy atom. The zero-order chi connectivity index (χ0) is 14.0. The van der Waals surface area contributed by atoms with Gasteiger partial charge in [-0.3, -0.25) is 9.59 Å². The van der Waals surface area contributed by atoms with Gasteiger partial charge in [-0.2, -0.15) is 0 Å². The van der Waals surface area contributed by atoms with Crippen LogP contribution in [0.3, 0.4) is 0 Å². The Bertz CT molecular complexity index is 515. The van der Waals surface area contributed by atoms with Gasteiger partial charge in [-0.15, -0.1) is 0 Å². The summed E-state index contributed by atoms with van der Waals surface area (Å²) in [4.78, 5) is 23.6. The van der Waals surface area contributed by atoms with Crippen LogP contribution in [0.15, 0.2) is 18.2 Å². The minimum absolute atomic E-state index is 0.0387. The maximum atomic E-state index is 12.1. The number of aliphatic hydroxyl groups is 1. The Balaban J connectivity index is 1.99. The SMILES string of the molecule is O=C(OCCO)C1C[C@@H]1C(=O)c1ccc(Cl)c(Cl)c1. The molecule has 0 aromatic heterocycles. The summed E-state index contributed by atoms with van der Waals surface area (Å²) >= 11 is 11.6. The molecule has 2 atom stereocenters. The van der Waals surface area contributed by atoms with Crippen LogP contribution >= 0.6 is 23.2 Å². The molecule has 1 aromatic rings. The quantitative estimate of drug-likeness (QED) is 0.670. The predicted molar refractivity (Wildman–Crippen MR) is 70.4 cm³/mol. The lowest BCUT2D eigenvalue weighted by molar-refractivity contribution is -0.146. The Morgan fingerprint density at radius 3 is 2.63 bits per heavy atom. The van der Waals surface area contributed by atoms with Gasteiger partial charge in [0.15, 0.2) is 5.78 Å². The molecule has 0 spiro atoms. The maximum Gasteiger partial charge on any atom is 0.309 e. The van der Waals surface area contributed by atoms with Crippen LogP contribution in [-0.4, -0.2) is 30.1 Å². The standard InChI is InChI=1S/C13H12Cl2O4/c14-10-2-1-7(5-11(10)15)12(17)8-6-9(8)13(18)19-4-3-16/h1-2,5,8-9,16H,3-4,6H2/t8-,9?/m0/s1. The topological polar surface area (TPSA) is 63.6 Å². The zero-order valence-corrected chi connectivity index (χ0v) is 11.4. The van der Waals surface area contributed by atoms with E-state index in [2.05, 4.69) is 0 Å². The number of ether oxygens (including phenoxy) is 1. The first-order chi connectivity index (χ1) is 9.04. The summed E-state index contributed by atoms with van der Waals surface area (Å²) in [5.41, 5.74) is 0.442. The largest absolute Gasteiger partial charge is 0.463 e. The van der Waals surface area contributed by atoms with Gasteiger partial charge in [0.05, 0.1) is 22.6 Å². The number of hydrogen-bond donors (Lipinski definition) is 1. The smallest absolute Gasteiger partial charge is 0.309 e. The van der Waals surface area contributed by atoms with Gasteiger partial charge in [0, 0.05) is 11.5 Å². The summed E-state index contributed by atoms with van der Waals surface area (Å²) in [6.07, 6.45) is 0.476. The molecule has 0 heterocycles. The molecule has 1 N–H and O–H groups in total. The summed E-state index contributed by atoms with van der Waals surface area (Å²) in [7, 11) is 0. The number of esters is 1. The van der Waals surface area contributed by atoms with Crippen LogP contribution in [0.4, 0.5) is 0 Å². The zero-order valence-electron chi connectivity index (χ0n) is 9.94. The molecule has 19 heavy (non-hydrogen) atoms. The van der Waals surface area contributed by atoms with Crippen LogP contribution < -0.4 is 0 Å². The number of aliphatic hydroxyl groups excluding tert-OH is 1. The summed E-state index contributed by atoms with van der Waals surface area (Å²) in [5, 5.41) is 9.25. The second-order valence-corrected chi connectivity index (χ2v) is 5.15. The van der Waals surface area contributed by atoms with E-state index in [0.717, 1.165) is 0 Å². The molecule has 1 aliphatic rings. The Hall–Kier alpha value is -1.10. The molecule has 1 unspecified atom stereocenters. The molecule has 0 aliphatic heterocycles. The highest BCUT2D eigenvalue weighted by atomic mass is 35.5. The molecule has 0 amide bonds. The molecule has 0 radical (unpaired) electrons. The summed E-state index contributed by atoms with van der Waals surface area (Å²) in [6, 6.07) is 4.64. The van der Waals surface area contributed by atoms with Crippen molar-refractivity contribution in [3.63, 3.8) is 0 Å². The van der Waals surface area contributed by atoms with Crippen molar-refractivity contribution in [1.82, 2.24) is 0 Å². The third-order valence-electron chi connectivity index (χ3n) is 2.97. The number of carbonyl (C=O) groups excluding carboxylic acids is 2. The summed E-state index contributed by atoms with van der Waals surface area (Å²) < 4.78 is 4.79. The highest BCUT2D eigenvalue weighted by Gasteiger charge is 2.49. The lowest BCUT2D eigenvalue weighted by Gasteiger charge is -2.03. The molecule has 6 heteroatoms. The van der Waals surface area contributed by atoms with E-state index in [9.17, 15) is 9.59 Å². The first-order valence-electron chi connectivity index (χ1n) is 5.81. The van der Waals surface area contributed by atoms with Gasteiger partial charge in [-0.25, -0.2) is 0 Å². The average molecular weight is 303 g/mol. The van der Waals surface area contributed by atoms with E-state index in [-0.39, 0.29) is 24.9 Å². The molecule has 4 nitrogen and oxygen atoms in total. The first-order valence-corrected chi connectivity index (χ1v) is 6.57. The van der Waals surface area contributed by atoms with Crippen molar-refractivity contribution in [2.75, 3.05) is 13.2 Å². The van der Waals surface area contributed by atoms with Crippen LogP contribution in [0.1, 0.15) is 16.8 Å². The molecule has 1 fully saturated rings. The van der Waals surface area contributed by atoms with Crippen molar-refractivity contribution < 1.29 is 19.4 Å². The minimum Gasteiger partial charge on any atom is -0.463 e. The van der Waals surface area contributed by atoms with Crippen molar-refractivity contribution in [3.05, 3.63) is 33.8 Å². The fourth-order valence-electron chi connectivity index (χ4n) is 1.86. The Kier molecular flexibility index (Phi) is 4.45. The van der Waals surface area contributed by atoms with Crippen molar-refractivity contribution in [3.8, 4) is 0 Å². The molecule has 1 saturated carbocycles. The van der Waals surface area contributed by atoms with Gasteiger partial charge >= 0.3 is 5.97 Å². The van der Waals surface area contributed by atoms with Crippen molar-refractivity contribution in [1.29, 1.82) is 0 Å². The van der Waals surface area contributed by atoms with E-state index in [1.807, 2.05) is 0 Å². The van der Waals surface area contributed by atoms with Crippen LogP contribution in [0, 0.1) is 11.8 Å². The van der Waals surface area contributed by atoms with Crippen LogP contribution in [0.25, 0.3) is 0 Å². The number of Topliss-reactive ketones (excluding diaryl/α,β-unsaturated/α-hetero) is 1. The first kappa shape index (κ1) is 14.3. The molecule has 0 saturated heterocycles. The number of ketones is 1. The molecular weight excluding hydrogens is 291 g/mol. The minimum atomic E-state index is -0.438. The lowest BCUT2D eigenvalue weighted by Crippen LogP contribution is -2.14. The van der Waals surface area contributed by atoms with E-state index in [4.69, 9.17) is 33.0 Å². The molecule has 1 aliphatic carbocycles. The molecule has 2 rings (SSSR count). The van der Waals surface area contributed by atoms with Crippen LogP contribution in [0.5, 0.6) is 0 Å². The third-order valence-corrected chi connectivity index (χ3v) is 3.71. The van der Waals surface area contributed by atoms with Crippen molar-refractivity contribution in [2.24, 2.45) is 11.8 Å². The Labute approximate surface area is 120 Å². The monoisotopic (exact) mass is 302 g/mol. The van der Waals surface area contributed by atoms with E-state index in [1.54, 1.807) is 12.1 Å². The number of halogens is 2. The lowest BCUT2D eigenvalue weighted by atomic mass is 10.1. The number of rotatable bonds is 5. The van der Waals surface area contributed by atoms with E-state index >= 15 is 0 Å². The van der Waals surface area contributed by atoms with Crippen LogP contribution in [-0.2, 0) is 9.53 Å². The molecule has 0 bridgehead atoms. The van der Waals surface area contributed by atoms with Crippen molar-refractivity contribution >= 4 is 35.0 Å². The predicted octanol–water partition coefficient (Wildman–Crippen LogP) is 2.35. The van der Waals surface area contributed by atoms with Gasteiger partial charge in [0.2, 0.25) is 0 Å². The number of hydrogen-bond acceptors (Lipinski definition) is 4. The van der Waals surface area contributed by atoms with E-state index < -0.39 is 11.9 Å². The van der Waals surface area contributed by atoms with Gasteiger partial charge in [-0.05, 0) is 24.6 Å². The Morgan fingerprint density at radius 1 is 1.26 bits per heavy atom. The normalized spacial score (nSPS) is 21.0.